The summed E-state index contributed by atoms with van der Waals surface area (Å²) < 4.78 is 23.0. The molecule has 0 aliphatic carbocycles. The fourth-order valence-electron chi connectivity index (χ4n) is 6.59. The lowest BCUT2D eigenvalue weighted by Gasteiger charge is -2.46. The number of carbonyl (C=O) groups is 1. The van der Waals surface area contributed by atoms with E-state index in [4.69, 9.17) is 18.9 Å². The van der Waals surface area contributed by atoms with Crippen LogP contribution in [0.5, 0.6) is 0 Å². The second-order valence-electron chi connectivity index (χ2n) is 14.3. The molecule has 2 rings (SSSR count). The number of ether oxygens (including phenoxy) is 4. The van der Waals surface area contributed by atoms with Gasteiger partial charge in [-0.1, -0.05) is 116 Å². The average Bonchev–Trinajstić information content (AvgIpc) is 3.12. The Morgan fingerprint density at radius 3 is 1.84 bits per heavy atom. The third-order valence-electron chi connectivity index (χ3n) is 9.95. The summed E-state index contributed by atoms with van der Waals surface area (Å²) in [6, 6.07) is -0.839. The summed E-state index contributed by atoms with van der Waals surface area (Å²) in [5.74, 6) is -0.220. The minimum atomic E-state index is -1.70. The van der Waals surface area contributed by atoms with Crippen molar-refractivity contribution in [2.24, 2.45) is 0 Å². The highest BCUT2D eigenvalue weighted by molar-refractivity contribution is 5.76. The van der Waals surface area contributed by atoms with Crippen molar-refractivity contribution in [2.45, 2.75) is 210 Å². The smallest absolute Gasteiger partial charge is 0.220 e. The lowest BCUT2D eigenvalue weighted by atomic mass is 9.95. The Morgan fingerprint density at radius 1 is 0.706 bits per heavy atom. The van der Waals surface area contributed by atoms with E-state index in [1.54, 1.807) is 13.0 Å². The molecule has 0 aromatic heterocycles. The van der Waals surface area contributed by atoms with Gasteiger partial charge in [0, 0.05) is 6.42 Å². The minimum absolute atomic E-state index is 0.215. The first-order valence-electron chi connectivity index (χ1n) is 19.8. The molecule has 0 aromatic rings. The van der Waals surface area contributed by atoms with Crippen molar-refractivity contribution in [3.63, 3.8) is 0 Å². The van der Waals surface area contributed by atoms with Crippen LogP contribution in [0.1, 0.15) is 136 Å². The summed E-state index contributed by atoms with van der Waals surface area (Å²) in [6.07, 6.45) is 7.07. The summed E-state index contributed by atoms with van der Waals surface area (Å²) in [5, 5.41) is 76.1. The van der Waals surface area contributed by atoms with Crippen molar-refractivity contribution in [3.05, 3.63) is 12.2 Å². The van der Waals surface area contributed by atoms with Crippen molar-refractivity contribution in [3.8, 4) is 0 Å². The normalized spacial score (nSPS) is 31.2. The van der Waals surface area contributed by atoms with Crippen molar-refractivity contribution < 1.29 is 59.5 Å². The third kappa shape index (κ3) is 16.4. The van der Waals surface area contributed by atoms with Crippen LogP contribution in [0.4, 0.5) is 0 Å². The first kappa shape index (κ1) is 45.9. The van der Waals surface area contributed by atoms with E-state index in [0.29, 0.717) is 6.42 Å². The number of carbonyl (C=O) groups excluding carboxylic acids is 1. The third-order valence-corrected chi connectivity index (χ3v) is 9.95. The second kappa shape index (κ2) is 26.5. The number of aliphatic hydroxyl groups is 7. The monoisotopic (exact) mass is 733 g/mol. The first-order valence-corrected chi connectivity index (χ1v) is 19.8. The number of allylic oxidation sites excluding steroid dienone is 1. The molecular formula is C38H71NO12. The van der Waals surface area contributed by atoms with E-state index < -0.39 is 80.2 Å². The summed E-state index contributed by atoms with van der Waals surface area (Å²) >= 11 is 0. The van der Waals surface area contributed by atoms with Crippen molar-refractivity contribution in [2.75, 3.05) is 13.2 Å². The summed E-state index contributed by atoms with van der Waals surface area (Å²) in [4.78, 5) is 12.8. The number of aliphatic hydroxyl groups excluding tert-OH is 7. The van der Waals surface area contributed by atoms with Crippen LogP contribution in [0.3, 0.4) is 0 Å². The average molecular weight is 734 g/mol. The molecule has 0 bridgehead atoms. The zero-order chi connectivity index (χ0) is 37.6. The Hall–Kier alpha value is -1.23. The van der Waals surface area contributed by atoms with Crippen LogP contribution in [-0.2, 0) is 23.7 Å². The Balaban J connectivity index is 1.93. The minimum Gasteiger partial charge on any atom is -0.394 e. The Bertz CT molecular complexity index is 923. The van der Waals surface area contributed by atoms with Crippen LogP contribution < -0.4 is 5.32 Å². The highest BCUT2D eigenvalue weighted by Crippen LogP contribution is 2.31. The maximum atomic E-state index is 12.8. The van der Waals surface area contributed by atoms with E-state index in [1.165, 1.54) is 57.8 Å². The van der Waals surface area contributed by atoms with Crippen molar-refractivity contribution in [1.82, 2.24) is 5.32 Å². The molecule has 0 aromatic carbocycles. The van der Waals surface area contributed by atoms with E-state index in [9.17, 15) is 40.5 Å². The lowest BCUT2D eigenvalue weighted by molar-refractivity contribution is -0.357. The largest absolute Gasteiger partial charge is 0.394 e. The molecule has 1 amide bonds. The lowest BCUT2D eigenvalue weighted by Crippen LogP contribution is -2.64. The van der Waals surface area contributed by atoms with Gasteiger partial charge in [-0.05, 0) is 25.7 Å². The zero-order valence-electron chi connectivity index (χ0n) is 31.4. The first-order chi connectivity index (χ1) is 24.6. The van der Waals surface area contributed by atoms with Crippen molar-refractivity contribution in [1.29, 1.82) is 0 Å². The van der Waals surface area contributed by atoms with Gasteiger partial charge in [0.05, 0.1) is 31.5 Å². The fourth-order valence-corrected chi connectivity index (χ4v) is 6.59. The van der Waals surface area contributed by atoms with E-state index in [2.05, 4.69) is 19.2 Å². The Kier molecular flexibility index (Phi) is 23.9. The van der Waals surface area contributed by atoms with Gasteiger partial charge < -0.3 is 60.0 Å². The van der Waals surface area contributed by atoms with Crippen LogP contribution >= 0.6 is 0 Å². The number of amides is 1. The summed E-state index contributed by atoms with van der Waals surface area (Å²) in [5.41, 5.74) is 0. The molecule has 2 heterocycles. The fraction of sp³-hybridized carbons (Fsp3) is 0.921. The van der Waals surface area contributed by atoms with Crippen molar-refractivity contribution >= 4 is 5.91 Å². The molecule has 2 aliphatic rings. The molecular weight excluding hydrogens is 662 g/mol. The van der Waals surface area contributed by atoms with E-state index >= 15 is 0 Å². The number of hydrogen-bond donors (Lipinski definition) is 8. The molecule has 13 heteroatoms. The van der Waals surface area contributed by atoms with Gasteiger partial charge in [-0.25, -0.2) is 0 Å². The molecule has 12 atom stereocenters. The quantitative estimate of drug-likeness (QED) is 0.0453. The standard InChI is InChI=1S/C38H71NO12/c1-4-7-9-11-12-13-14-15-16-17-18-19-20-22-27(41)26(39-30(42)23-21-10-8-5-2)25-48-37-35(47)33(45)36(28(6-3)49-37)51-38-34(46)32(44)31(43)29(24-40)50-38/h20,22,26-29,31-38,40-41,43-47H,4-19,21,23-25H2,1-3H3,(H,39,42)/b22-20+/t26-,27+,28+,29+,31+,32-,33+,34+,35+,36+,37+,38-/m0/s1. The number of hydrogen-bond acceptors (Lipinski definition) is 12. The highest BCUT2D eigenvalue weighted by atomic mass is 16.7. The van der Waals surface area contributed by atoms with Crippen LogP contribution in [0.25, 0.3) is 0 Å². The Morgan fingerprint density at radius 2 is 1.25 bits per heavy atom. The van der Waals surface area contributed by atoms with Crippen LogP contribution in [0, 0.1) is 0 Å². The van der Waals surface area contributed by atoms with Gasteiger partial charge in [0.1, 0.15) is 42.7 Å². The molecule has 0 unspecified atom stereocenters. The van der Waals surface area contributed by atoms with Gasteiger partial charge in [0.2, 0.25) is 5.91 Å². The Labute approximate surface area is 305 Å². The zero-order valence-corrected chi connectivity index (χ0v) is 31.4. The molecule has 8 N–H and O–H groups in total. The van der Waals surface area contributed by atoms with Gasteiger partial charge in [0.25, 0.3) is 0 Å². The van der Waals surface area contributed by atoms with Crippen LogP contribution in [0.15, 0.2) is 12.2 Å². The summed E-state index contributed by atoms with van der Waals surface area (Å²) in [7, 11) is 0. The number of rotatable bonds is 27. The van der Waals surface area contributed by atoms with E-state index in [1.807, 2.05) is 6.08 Å². The SMILES string of the molecule is CCCCCCCCCCCCC/C=C/[C@@H](O)[C@H](CO[C@@H]1O[C@H](CC)[C@@H](O[C@@H]2O[C@H](CO)[C@@H](O)[C@H](O)[C@H]2O)[C@H](O)[C@H]1O)NC(=O)CCCCCC. The number of nitrogens with one attached hydrogen (secondary N) is 1. The molecule has 300 valence electrons. The van der Waals surface area contributed by atoms with E-state index in [-0.39, 0.29) is 18.9 Å². The topological polar surface area (TPSA) is 208 Å². The van der Waals surface area contributed by atoms with Gasteiger partial charge in [-0.2, -0.15) is 0 Å². The van der Waals surface area contributed by atoms with Gasteiger partial charge in [0.15, 0.2) is 12.6 Å². The predicted octanol–water partition coefficient (Wildman–Crippen LogP) is 3.12. The molecule has 51 heavy (non-hydrogen) atoms. The molecule has 13 nitrogen and oxygen atoms in total. The maximum absolute atomic E-state index is 12.8. The van der Waals surface area contributed by atoms with Crippen LogP contribution in [-0.4, -0.2) is 128 Å². The highest BCUT2D eigenvalue weighted by Gasteiger charge is 2.50. The maximum Gasteiger partial charge on any atom is 0.220 e. The molecule has 2 aliphatic heterocycles. The number of unbranched alkanes of at least 4 members (excludes halogenated alkanes) is 14. The van der Waals surface area contributed by atoms with Crippen LogP contribution in [0.2, 0.25) is 0 Å². The van der Waals surface area contributed by atoms with Gasteiger partial charge in [-0.3, -0.25) is 4.79 Å². The van der Waals surface area contributed by atoms with E-state index in [0.717, 1.165) is 44.9 Å². The molecule has 2 fully saturated rings. The molecule has 0 radical (unpaired) electrons. The molecule has 2 saturated heterocycles. The summed E-state index contributed by atoms with van der Waals surface area (Å²) in [6.45, 7) is 5.22. The predicted molar refractivity (Wildman–Crippen MR) is 192 cm³/mol. The molecule has 0 saturated carbocycles. The van der Waals surface area contributed by atoms with Gasteiger partial charge >= 0.3 is 0 Å². The molecule has 0 spiro atoms. The van der Waals surface area contributed by atoms with Gasteiger partial charge in [-0.15, -0.1) is 0 Å². The second-order valence-corrected chi connectivity index (χ2v) is 14.3.